The number of allylic oxidation sites excluding steroid dienone is 1. The fraction of sp³-hybridized carbons (Fsp3) is 0.733. The molecule has 0 spiro atoms. The predicted octanol–water partition coefficient (Wildman–Crippen LogP) is 2.72. The molecule has 5 nitrogen and oxygen atoms in total. The van der Waals surface area contributed by atoms with E-state index >= 15 is 0 Å². The van der Waals surface area contributed by atoms with Crippen LogP contribution in [-0.4, -0.2) is 42.1 Å². The van der Waals surface area contributed by atoms with Crippen molar-refractivity contribution >= 4 is 12.0 Å². The Kier molecular flexibility index (Phi) is 7.96. The number of carbonyl (C=O) groups excluding carboxylic acids is 2. The molecule has 0 saturated heterocycles. The van der Waals surface area contributed by atoms with Gasteiger partial charge in [-0.3, -0.25) is 4.79 Å². The summed E-state index contributed by atoms with van der Waals surface area (Å²) in [4.78, 5) is 25.1. The van der Waals surface area contributed by atoms with Gasteiger partial charge >= 0.3 is 6.09 Å². The van der Waals surface area contributed by atoms with E-state index in [1.807, 2.05) is 40.7 Å². The lowest BCUT2D eigenvalue weighted by atomic mass is 10.2. The van der Waals surface area contributed by atoms with Crippen LogP contribution >= 0.6 is 0 Å². The van der Waals surface area contributed by atoms with Crippen LogP contribution in [0, 0.1) is 0 Å². The quantitative estimate of drug-likeness (QED) is 0.763. The van der Waals surface area contributed by atoms with E-state index in [0.717, 1.165) is 6.42 Å². The number of nitrogens with one attached hydrogen (secondary N) is 1. The van der Waals surface area contributed by atoms with Crippen molar-refractivity contribution in [1.29, 1.82) is 0 Å². The summed E-state index contributed by atoms with van der Waals surface area (Å²) in [6.45, 7) is 12.6. The minimum absolute atomic E-state index is 0.0907. The number of carbonyl (C=O) groups is 2. The zero-order valence-corrected chi connectivity index (χ0v) is 13.6. The lowest BCUT2D eigenvalue weighted by Gasteiger charge is -2.26. The highest BCUT2D eigenvalue weighted by atomic mass is 16.6. The number of rotatable bonds is 6. The molecule has 0 saturated carbocycles. The van der Waals surface area contributed by atoms with Gasteiger partial charge in [0.15, 0.2) is 0 Å². The predicted molar refractivity (Wildman–Crippen MR) is 80.5 cm³/mol. The largest absolute Gasteiger partial charge is 0.444 e. The fourth-order valence-corrected chi connectivity index (χ4v) is 1.55. The first-order valence-electron chi connectivity index (χ1n) is 7.14. The van der Waals surface area contributed by atoms with Crippen molar-refractivity contribution in [3.8, 4) is 0 Å². The highest BCUT2D eigenvalue weighted by Gasteiger charge is 2.20. The van der Waals surface area contributed by atoms with E-state index in [1.54, 1.807) is 11.8 Å². The Labute approximate surface area is 122 Å². The molecule has 5 heteroatoms. The molecule has 0 unspecified atom stereocenters. The van der Waals surface area contributed by atoms with Gasteiger partial charge in [0.25, 0.3) is 0 Å². The first-order chi connectivity index (χ1) is 9.21. The maximum atomic E-state index is 11.9. The van der Waals surface area contributed by atoms with E-state index in [0.29, 0.717) is 25.2 Å². The van der Waals surface area contributed by atoms with Crippen molar-refractivity contribution in [1.82, 2.24) is 10.2 Å². The molecule has 0 aromatic heterocycles. The summed E-state index contributed by atoms with van der Waals surface area (Å²) < 4.78 is 5.30. The van der Waals surface area contributed by atoms with Crippen molar-refractivity contribution in [3.05, 3.63) is 11.6 Å². The molecule has 0 radical (unpaired) electrons. The van der Waals surface area contributed by atoms with Crippen LogP contribution in [-0.2, 0) is 9.53 Å². The van der Waals surface area contributed by atoms with E-state index in [-0.39, 0.29) is 12.0 Å². The molecule has 0 aliphatic carbocycles. The summed E-state index contributed by atoms with van der Waals surface area (Å²) in [5, 5.41) is 2.79. The lowest BCUT2D eigenvalue weighted by Crippen LogP contribution is -2.41. The van der Waals surface area contributed by atoms with E-state index in [9.17, 15) is 9.59 Å². The number of amides is 2. The molecule has 0 fully saturated rings. The summed E-state index contributed by atoms with van der Waals surface area (Å²) >= 11 is 0. The molecular formula is C15H28N2O3. The van der Waals surface area contributed by atoms with Gasteiger partial charge in [-0.1, -0.05) is 13.0 Å². The van der Waals surface area contributed by atoms with Gasteiger partial charge in [-0.15, -0.1) is 0 Å². The van der Waals surface area contributed by atoms with Gasteiger partial charge in [-0.25, -0.2) is 4.79 Å². The Morgan fingerprint density at radius 1 is 1.25 bits per heavy atom. The van der Waals surface area contributed by atoms with Crippen LogP contribution in [0.25, 0.3) is 0 Å². The highest BCUT2D eigenvalue weighted by molar-refractivity contribution is 5.92. The number of hydrogen-bond donors (Lipinski definition) is 1. The van der Waals surface area contributed by atoms with Crippen LogP contribution in [0.3, 0.4) is 0 Å². The number of ether oxygens (including phenoxy) is 1. The van der Waals surface area contributed by atoms with E-state index in [1.165, 1.54) is 0 Å². The standard InChI is InChI=1S/C15H28N2O3/c1-7-9-12(3)13(18)16-10-11-17(8-2)14(19)20-15(4,5)6/h9H,7-8,10-11H2,1-6H3,(H,16,18)/b12-9-. The molecule has 0 bridgehead atoms. The van der Waals surface area contributed by atoms with Crippen molar-refractivity contribution in [2.75, 3.05) is 19.6 Å². The van der Waals surface area contributed by atoms with Crippen molar-refractivity contribution < 1.29 is 14.3 Å². The molecule has 1 N–H and O–H groups in total. The topological polar surface area (TPSA) is 58.6 Å². The third-order valence-electron chi connectivity index (χ3n) is 2.57. The second-order valence-electron chi connectivity index (χ2n) is 5.61. The van der Waals surface area contributed by atoms with Crippen molar-refractivity contribution in [2.24, 2.45) is 0 Å². The minimum Gasteiger partial charge on any atom is -0.444 e. The number of likely N-dealkylation sites (N-methyl/N-ethyl adjacent to an activating group) is 1. The highest BCUT2D eigenvalue weighted by Crippen LogP contribution is 2.09. The molecule has 0 heterocycles. The Bertz CT molecular complexity index is 357. The van der Waals surface area contributed by atoms with E-state index < -0.39 is 5.60 Å². The van der Waals surface area contributed by atoms with E-state index in [2.05, 4.69) is 5.32 Å². The summed E-state index contributed by atoms with van der Waals surface area (Å²) in [5.74, 6) is -0.0907. The van der Waals surface area contributed by atoms with Crippen LogP contribution in [0.1, 0.15) is 48.0 Å². The van der Waals surface area contributed by atoms with Crippen LogP contribution in [0.5, 0.6) is 0 Å². The van der Waals surface area contributed by atoms with Gasteiger partial charge in [0.05, 0.1) is 0 Å². The minimum atomic E-state index is -0.506. The molecule has 0 atom stereocenters. The zero-order chi connectivity index (χ0) is 15.8. The Balaban J connectivity index is 4.24. The molecule has 2 amide bonds. The van der Waals surface area contributed by atoms with Gasteiger partial charge in [-0.2, -0.15) is 0 Å². The third kappa shape index (κ3) is 7.81. The van der Waals surface area contributed by atoms with Crippen LogP contribution in [0.2, 0.25) is 0 Å². The van der Waals surface area contributed by atoms with Crippen LogP contribution in [0.15, 0.2) is 11.6 Å². The molecule has 0 aliphatic heterocycles. The summed E-state index contributed by atoms with van der Waals surface area (Å²) in [6, 6.07) is 0. The maximum absolute atomic E-state index is 11.9. The first kappa shape index (κ1) is 18.5. The van der Waals surface area contributed by atoms with Crippen molar-refractivity contribution in [2.45, 2.75) is 53.6 Å². The zero-order valence-electron chi connectivity index (χ0n) is 13.6. The summed E-state index contributed by atoms with van der Waals surface area (Å²) in [6.07, 6.45) is 2.36. The summed E-state index contributed by atoms with van der Waals surface area (Å²) in [7, 11) is 0. The third-order valence-corrected chi connectivity index (χ3v) is 2.57. The van der Waals surface area contributed by atoms with Gasteiger partial charge in [0.1, 0.15) is 5.60 Å². The summed E-state index contributed by atoms with van der Waals surface area (Å²) in [5.41, 5.74) is 0.196. The van der Waals surface area contributed by atoms with Gasteiger partial charge in [-0.05, 0) is 41.0 Å². The van der Waals surface area contributed by atoms with E-state index in [4.69, 9.17) is 4.74 Å². The maximum Gasteiger partial charge on any atom is 0.410 e. The Morgan fingerprint density at radius 2 is 1.85 bits per heavy atom. The smallest absolute Gasteiger partial charge is 0.410 e. The van der Waals surface area contributed by atoms with Gasteiger partial charge < -0.3 is 15.0 Å². The molecule has 0 rings (SSSR count). The Hall–Kier alpha value is -1.52. The molecule has 0 aromatic carbocycles. The second-order valence-corrected chi connectivity index (χ2v) is 5.61. The van der Waals surface area contributed by atoms with Gasteiger partial charge in [0.2, 0.25) is 5.91 Å². The lowest BCUT2D eigenvalue weighted by molar-refractivity contribution is -0.117. The monoisotopic (exact) mass is 284 g/mol. The number of hydrogen-bond acceptors (Lipinski definition) is 3. The van der Waals surface area contributed by atoms with Gasteiger partial charge in [0, 0.05) is 25.2 Å². The normalized spacial score (nSPS) is 12.0. The fourth-order valence-electron chi connectivity index (χ4n) is 1.55. The average molecular weight is 284 g/mol. The molecule has 116 valence electrons. The SMILES string of the molecule is CC/C=C(/C)C(=O)NCCN(CC)C(=O)OC(C)(C)C. The van der Waals surface area contributed by atoms with Crippen LogP contribution in [0.4, 0.5) is 4.79 Å². The molecule has 20 heavy (non-hydrogen) atoms. The molecule has 0 aromatic rings. The van der Waals surface area contributed by atoms with Crippen LogP contribution < -0.4 is 5.32 Å². The Morgan fingerprint density at radius 3 is 2.30 bits per heavy atom. The van der Waals surface area contributed by atoms with Crippen molar-refractivity contribution in [3.63, 3.8) is 0 Å². The number of nitrogens with zero attached hydrogens (tertiary/aromatic N) is 1. The first-order valence-corrected chi connectivity index (χ1v) is 7.14. The molecule has 0 aliphatic rings. The molecular weight excluding hydrogens is 256 g/mol. The average Bonchev–Trinajstić information content (AvgIpc) is 2.32. The second kappa shape index (κ2) is 8.61.